The molecular weight excluding hydrogens is 372 g/mol. The molecule has 27 heavy (non-hydrogen) atoms. The monoisotopic (exact) mass is 390 g/mol. The number of hydrogen-bond acceptors (Lipinski definition) is 7. The molecule has 2 aromatic rings. The van der Waals surface area contributed by atoms with Gasteiger partial charge < -0.3 is 25.6 Å². The molecule has 0 atom stereocenters. The molecule has 0 unspecified atom stereocenters. The fourth-order valence-electron chi connectivity index (χ4n) is 2.94. The fraction of sp³-hybridized carbons (Fsp3) is 0.278. The lowest BCUT2D eigenvalue weighted by molar-refractivity contribution is -0.119. The number of nitrogens with one attached hydrogen (secondary N) is 1. The molecule has 8 nitrogen and oxygen atoms in total. The summed E-state index contributed by atoms with van der Waals surface area (Å²) in [6.07, 6.45) is 2.56. The Bertz CT molecular complexity index is 921. The molecule has 0 spiro atoms. The molecule has 0 aliphatic heterocycles. The molecule has 3 rings (SSSR count). The third-order valence-electron chi connectivity index (χ3n) is 4.18. The summed E-state index contributed by atoms with van der Waals surface area (Å²) < 4.78 is 9.87. The van der Waals surface area contributed by atoms with Crippen LogP contribution in [0.5, 0.6) is 11.5 Å². The van der Waals surface area contributed by atoms with Crippen molar-refractivity contribution in [2.24, 2.45) is 5.73 Å². The van der Waals surface area contributed by atoms with Gasteiger partial charge in [0, 0.05) is 10.9 Å². The maximum absolute atomic E-state index is 12.1. The van der Waals surface area contributed by atoms with Crippen molar-refractivity contribution in [1.29, 1.82) is 0 Å². The van der Waals surface area contributed by atoms with Gasteiger partial charge >= 0.3 is 5.97 Å². The van der Waals surface area contributed by atoms with E-state index in [4.69, 9.17) is 15.2 Å². The number of phenols is 1. The number of carbonyl (C=O) groups excluding carboxylic acids is 3. The van der Waals surface area contributed by atoms with Crippen LogP contribution in [0.3, 0.4) is 0 Å². The van der Waals surface area contributed by atoms with Gasteiger partial charge in [-0.05, 0) is 37.0 Å². The van der Waals surface area contributed by atoms with Crippen molar-refractivity contribution in [3.05, 3.63) is 39.8 Å². The first-order valence-corrected chi connectivity index (χ1v) is 9.00. The number of phenolic OH excluding ortho intramolecular Hbond substituents is 1. The number of nitrogens with two attached hydrogens (primary N) is 1. The molecule has 1 heterocycles. The maximum atomic E-state index is 12.1. The number of benzene rings is 1. The van der Waals surface area contributed by atoms with E-state index < -0.39 is 24.4 Å². The molecule has 4 N–H and O–H groups in total. The van der Waals surface area contributed by atoms with Gasteiger partial charge in [-0.25, -0.2) is 4.79 Å². The van der Waals surface area contributed by atoms with Crippen LogP contribution in [0.4, 0.5) is 5.00 Å². The zero-order valence-electron chi connectivity index (χ0n) is 14.5. The second-order valence-electron chi connectivity index (χ2n) is 5.93. The number of esters is 1. The topological polar surface area (TPSA) is 128 Å². The summed E-state index contributed by atoms with van der Waals surface area (Å²) in [5, 5.41) is 12.8. The number of aromatic hydroxyl groups is 1. The van der Waals surface area contributed by atoms with E-state index in [2.05, 4.69) is 5.32 Å². The third kappa shape index (κ3) is 3.87. The number of primary amides is 1. The van der Waals surface area contributed by atoms with E-state index in [1.54, 1.807) is 0 Å². The van der Waals surface area contributed by atoms with Gasteiger partial charge in [-0.3, -0.25) is 9.59 Å². The Hall–Kier alpha value is -3.07. The first-order chi connectivity index (χ1) is 12.9. The maximum Gasteiger partial charge on any atom is 0.342 e. The molecule has 0 bridgehead atoms. The summed E-state index contributed by atoms with van der Waals surface area (Å²) in [5.41, 5.74) is 6.58. The summed E-state index contributed by atoms with van der Waals surface area (Å²) in [7, 11) is 1.43. The fourth-order valence-corrected chi connectivity index (χ4v) is 4.25. The second-order valence-corrected chi connectivity index (χ2v) is 7.04. The Morgan fingerprint density at radius 1 is 1.30 bits per heavy atom. The molecule has 0 saturated heterocycles. The van der Waals surface area contributed by atoms with Gasteiger partial charge in [-0.2, -0.15) is 0 Å². The number of anilines is 1. The number of aryl methyl sites for hydroxylation is 1. The van der Waals surface area contributed by atoms with Crippen LogP contribution in [0.25, 0.3) is 0 Å². The SMILES string of the molecule is COc1ccc(C(=O)OCC(=O)Nc2sc3c(c2C(N)=O)CCC3)c(O)c1. The first-order valence-electron chi connectivity index (χ1n) is 8.19. The molecule has 0 fully saturated rings. The zero-order chi connectivity index (χ0) is 19.6. The number of fused-ring (bicyclic) bond motifs is 1. The molecule has 0 saturated carbocycles. The molecule has 1 aliphatic carbocycles. The van der Waals surface area contributed by atoms with Gasteiger partial charge in [0.25, 0.3) is 11.8 Å². The highest BCUT2D eigenvalue weighted by molar-refractivity contribution is 7.17. The van der Waals surface area contributed by atoms with Crippen molar-refractivity contribution in [3.8, 4) is 11.5 Å². The highest BCUT2D eigenvalue weighted by Crippen LogP contribution is 2.38. The van der Waals surface area contributed by atoms with Gasteiger partial charge in [0.05, 0.1) is 12.7 Å². The summed E-state index contributed by atoms with van der Waals surface area (Å²) >= 11 is 1.32. The van der Waals surface area contributed by atoms with Gasteiger partial charge in [-0.15, -0.1) is 11.3 Å². The van der Waals surface area contributed by atoms with Crippen LogP contribution in [0.2, 0.25) is 0 Å². The number of ether oxygens (including phenoxy) is 2. The highest BCUT2D eigenvalue weighted by Gasteiger charge is 2.26. The van der Waals surface area contributed by atoms with E-state index in [0.29, 0.717) is 16.3 Å². The summed E-state index contributed by atoms with van der Waals surface area (Å²) in [5.74, 6) is -1.98. The minimum Gasteiger partial charge on any atom is -0.507 e. The van der Waals surface area contributed by atoms with Crippen LogP contribution >= 0.6 is 11.3 Å². The first kappa shape index (κ1) is 18.7. The zero-order valence-corrected chi connectivity index (χ0v) is 15.4. The van der Waals surface area contributed by atoms with Crippen LogP contribution in [0, 0.1) is 0 Å². The van der Waals surface area contributed by atoms with Gasteiger partial charge in [0.15, 0.2) is 6.61 Å². The Balaban J connectivity index is 1.64. The lowest BCUT2D eigenvalue weighted by Crippen LogP contribution is -2.22. The molecule has 1 aromatic heterocycles. The standard InChI is InChI=1S/C18H18N2O6S/c1-25-9-5-6-10(12(21)7-9)18(24)26-8-14(22)20-17-15(16(19)23)11-3-2-4-13(11)27-17/h5-7,21H,2-4,8H2,1H3,(H2,19,23)(H,20,22). The number of thiophene rings is 1. The van der Waals surface area contributed by atoms with Crippen molar-refractivity contribution in [1.82, 2.24) is 0 Å². The molecule has 142 valence electrons. The van der Waals surface area contributed by atoms with E-state index in [9.17, 15) is 19.5 Å². The molecule has 9 heteroatoms. The van der Waals surface area contributed by atoms with Gasteiger partial charge in [-0.1, -0.05) is 0 Å². The second kappa shape index (κ2) is 7.67. The quantitative estimate of drug-likeness (QED) is 0.646. The van der Waals surface area contributed by atoms with Crippen molar-refractivity contribution < 1.29 is 29.0 Å². The number of amides is 2. The predicted molar refractivity (Wildman–Crippen MR) is 98.4 cm³/mol. The number of rotatable bonds is 6. The Morgan fingerprint density at radius 2 is 2.07 bits per heavy atom. The average Bonchev–Trinajstić information content (AvgIpc) is 3.19. The Morgan fingerprint density at radius 3 is 2.74 bits per heavy atom. The minimum atomic E-state index is -0.853. The van der Waals surface area contributed by atoms with E-state index >= 15 is 0 Å². The molecule has 2 amide bonds. The van der Waals surface area contributed by atoms with Crippen LogP contribution in [-0.4, -0.2) is 36.6 Å². The van der Waals surface area contributed by atoms with Crippen LogP contribution in [0.15, 0.2) is 18.2 Å². The van der Waals surface area contributed by atoms with Crippen LogP contribution in [0.1, 0.15) is 37.6 Å². The number of methoxy groups -OCH3 is 1. The van der Waals surface area contributed by atoms with Crippen LogP contribution < -0.4 is 15.8 Å². The predicted octanol–water partition coefficient (Wildman–Crippen LogP) is 1.85. The normalized spacial score (nSPS) is 12.3. The summed E-state index contributed by atoms with van der Waals surface area (Å²) in [6, 6.07) is 4.09. The molecule has 1 aliphatic rings. The Kier molecular flexibility index (Phi) is 5.31. The van der Waals surface area contributed by atoms with Crippen LogP contribution in [-0.2, 0) is 22.4 Å². The summed E-state index contributed by atoms with van der Waals surface area (Å²) in [4.78, 5) is 36.9. The van der Waals surface area contributed by atoms with Crippen molar-refractivity contribution in [3.63, 3.8) is 0 Å². The minimum absolute atomic E-state index is 0.0866. The smallest absolute Gasteiger partial charge is 0.342 e. The number of hydrogen-bond donors (Lipinski definition) is 3. The van der Waals surface area contributed by atoms with E-state index in [1.165, 1.54) is 36.6 Å². The lowest BCUT2D eigenvalue weighted by Gasteiger charge is -2.08. The van der Waals surface area contributed by atoms with E-state index in [0.717, 1.165) is 29.7 Å². The van der Waals surface area contributed by atoms with Crippen molar-refractivity contribution in [2.45, 2.75) is 19.3 Å². The molecular formula is C18H18N2O6S. The Labute approximate surface area is 158 Å². The van der Waals surface area contributed by atoms with E-state index in [1.807, 2.05) is 0 Å². The molecule has 1 aromatic carbocycles. The van der Waals surface area contributed by atoms with Gasteiger partial charge in [0.2, 0.25) is 0 Å². The average molecular weight is 390 g/mol. The van der Waals surface area contributed by atoms with Crippen molar-refractivity contribution >= 4 is 34.1 Å². The third-order valence-corrected chi connectivity index (χ3v) is 5.39. The number of carbonyl (C=O) groups is 3. The van der Waals surface area contributed by atoms with Crippen molar-refractivity contribution in [2.75, 3.05) is 19.0 Å². The van der Waals surface area contributed by atoms with E-state index in [-0.39, 0.29) is 11.3 Å². The summed E-state index contributed by atoms with van der Waals surface area (Å²) in [6.45, 7) is -0.564. The largest absolute Gasteiger partial charge is 0.507 e. The van der Waals surface area contributed by atoms with Gasteiger partial charge in [0.1, 0.15) is 22.1 Å². The lowest BCUT2D eigenvalue weighted by atomic mass is 10.1. The highest BCUT2D eigenvalue weighted by atomic mass is 32.1. The molecule has 0 radical (unpaired) electrons.